The summed E-state index contributed by atoms with van der Waals surface area (Å²) in [6, 6.07) is 40.7. The molecule has 4 heterocycles. The molecule has 28 nitrogen and oxygen atoms in total. The number of carbonyl (C=O) groups is 8. The van der Waals surface area contributed by atoms with Crippen LogP contribution in [0.3, 0.4) is 0 Å². The molecule has 4 aliphatic rings. The Kier molecular flexibility index (Phi) is 34.7. The van der Waals surface area contributed by atoms with Gasteiger partial charge in [0.25, 0.3) is 11.8 Å². The molecule has 2 aliphatic carbocycles. The number of thiazole rings is 1. The van der Waals surface area contributed by atoms with E-state index in [0.29, 0.717) is 88.8 Å². The van der Waals surface area contributed by atoms with Gasteiger partial charge >= 0.3 is 0 Å². The molecular weight excluding hydrogens is 1770 g/mol. The number of ether oxygens (including phenoxy) is 4. The zero-order valence-electron chi connectivity index (χ0n) is 80.8. The number of carbonyl (C=O) groups excluding carboxylic acids is 8. The van der Waals surface area contributed by atoms with Crippen molar-refractivity contribution in [2.75, 3.05) is 63.2 Å². The van der Waals surface area contributed by atoms with Crippen molar-refractivity contribution in [1.29, 1.82) is 10.5 Å². The fourth-order valence-corrected chi connectivity index (χ4v) is 20.6. The summed E-state index contributed by atoms with van der Waals surface area (Å²) in [6.07, 6.45) is 5.71. The molecule has 8 amide bonds. The molecule has 12 rings (SSSR count). The lowest BCUT2D eigenvalue weighted by Crippen LogP contribution is -2.74. The van der Waals surface area contributed by atoms with Crippen LogP contribution in [-0.2, 0) is 44.8 Å². The van der Waals surface area contributed by atoms with Gasteiger partial charge in [-0.25, -0.2) is 9.97 Å². The molecular formula is C104H132Cl2N14O14S. The van der Waals surface area contributed by atoms with E-state index in [1.807, 2.05) is 160 Å². The SMILES string of the molecule is Cc1ncoc1-c1ccc(CNC(=O)[C@@H]2C[C@@H](C)CN2C(=O)[C@@H](NC(=O)COCCCCCNc2ccc(C(=O)NC3C(C)(C)C(Oc4ccc(C#N)c(Cl)c4)C3(C)C)cc2)C(C)(C)C)cc1.Cc1ncsc1-c1ccc([C@H](C)NC(=O)[C@@H]2C[C@@H](O)CN2C(=O)[C@@H](NC(=O)COCCCCCNc2ccc(C(=O)NC3C(C)(C)C(Oc4ccc(C#N)c(Cl)c4)C3(C)C)cc2)C(C)(C)C)cc1. The number of oxazole rings is 1. The number of nitrogens with zero attached hydrogens (tertiary/aromatic N) is 6. The first kappa shape index (κ1) is 104. The number of amides is 8. The molecule has 2 aromatic heterocycles. The third kappa shape index (κ3) is 26.0. The van der Waals surface area contributed by atoms with Crippen LogP contribution in [0.2, 0.25) is 10.0 Å². The number of aliphatic hydroxyl groups is 1. The Labute approximate surface area is 807 Å². The Bertz CT molecular complexity index is 5530. The van der Waals surface area contributed by atoms with Crippen molar-refractivity contribution in [3.05, 3.63) is 200 Å². The summed E-state index contributed by atoms with van der Waals surface area (Å²) < 4.78 is 29.6. The van der Waals surface area contributed by atoms with E-state index in [4.69, 9.17) is 46.6 Å². The number of aromatic nitrogens is 2. The van der Waals surface area contributed by atoms with Gasteiger partial charge in [0, 0.05) is 126 Å². The molecule has 0 spiro atoms. The third-order valence-electron chi connectivity index (χ3n) is 26.2. The minimum absolute atomic E-state index is 0.0135. The maximum atomic E-state index is 14.1. The van der Waals surface area contributed by atoms with Crippen LogP contribution in [0.4, 0.5) is 11.4 Å². The van der Waals surface area contributed by atoms with E-state index in [2.05, 4.69) is 120 Å². The van der Waals surface area contributed by atoms with Crippen LogP contribution >= 0.6 is 34.5 Å². The molecule has 2 saturated heterocycles. The lowest BCUT2D eigenvalue weighted by atomic mass is 9.49. The molecule has 0 radical (unpaired) electrons. The van der Waals surface area contributed by atoms with Gasteiger partial charge < -0.3 is 80.8 Å². The summed E-state index contributed by atoms with van der Waals surface area (Å²) in [5.74, 6) is -0.451. The first-order valence-corrected chi connectivity index (χ1v) is 48.1. The number of aryl methyl sites for hydroxylation is 2. The largest absolute Gasteiger partial charge is 0.489 e. The van der Waals surface area contributed by atoms with E-state index in [1.54, 1.807) is 64.8 Å². The maximum Gasteiger partial charge on any atom is 0.251 e. The van der Waals surface area contributed by atoms with Crippen molar-refractivity contribution >= 4 is 93.2 Å². The van der Waals surface area contributed by atoms with Crippen LogP contribution in [0, 0.1) is 74.9 Å². The van der Waals surface area contributed by atoms with Crippen molar-refractivity contribution in [3.63, 3.8) is 0 Å². The highest BCUT2D eigenvalue weighted by molar-refractivity contribution is 7.13. The van der Waals surface area contributed by atoms with Gasteiger partial charge in [-0.3, -0.25) is 38.4 Å². The topological polar surface area (TPSA) is 383 Å². The van der Waals surface area contributed by atoms with Crippen molar-refractivity contribution in [2.24, 2.45) is 38.4 Å². The highest BCUT2D eigenvalue weighted by Crippen LogP contribution is 2.57. The summed E-state index contributed by atoms with van der Waals surface area (Å²) in [4.78, 5) is 121. The Hall–Kier alpha value is -11.4. The normalized spacial score (nSPS) is 20.1. The predicted octanol–water partition coefficient (Wildman–Crippen LogP) is 16.7. The van der Waals surface area contributed by atoms with Crippen molar-refractivity contribution in [3.8, 4) is 45.4 Å². The summed E-state index contributed by atoms with van der Waals surface area (Å²) in [7, 11) is 0. The monoisotopic (exact) mass is 1900 g/mol. The van der Waals surface area contributed by atoms with E-state index < -0.39 is 52.9 Å². The number of rotatable bonds is 38. The Morgan fingerprint density at radius 3 is 1.44 bits per heavy atom. The number of anilines is 2. The van der Waals surface area contributed by atoms with Crippen molar-refractivity contribution in [2.45, 2.75) is 243 Å². The first-order valence-electron chi connectivity index (χ1n) is 46.5. The Balaban J connectivity index is 0.000000260. The zero-order chi connectivity index (χ0) is 98.2. The van der Waals surface area contributed by atoms with Crippen LogP contribution in [0.15, 0.2) is 150 Å². The average molecular weight is 1910 g/mol. The summed E-state index contributed by atoms with van der Waals surface area (Å²) in [6.45, 7) is 38.1. The van der Waals surface area contributed by atoms with Gasteiger partial charge in [-0.2, -0.15) is 10.5 Å². The second kappa shape index (κ2) is 45.0. The second-order valence-electron chi connectivity index (χ2n) is 40.6. The lowest BCUT2D eigenvalue weighted by molar-refractivity contribution is -0.164. The molecule has 7 atom stereocenters. The molecule has 2 saturated carbocycles. The van der Waals surface area contributed by atoms with E-state index in [-0.39, 0.29) is 120 Å². The standard InChI is InChI=1S/C52H66ClN7O7S.C52H66ClN7O7/c1-31(33-13-15-34(16-14-33)43-32(2)56-30-68-43)57-46(64)41-25-38(61)28-60(41)47(65)44(50(3,4)5)58-42(62)29-66-24-12-10-11-23-55-37-20-17-35(18-21-37)45(63)59-48-51(6,7)49(52(48,8)9)67-39-22-19-36(27-54)40(53)26-39;1-32-25-41(46(63)56-28-34-13-15-35(16-14-34)43-33(2)57-31-66-43)60(29-32)47(64)44(50(3,4)5)58-42(61)30-65-24-12-10-11-23-55-38-20-17-36(18-21-38)45(62)59-48-51(6,7)49(52(48,8)9)67-39-22-19-37(27-54)40(53)26-39/h13-22,26,30-31,38,41,44,48-49,55,61H,10-12,23-25,28-29H2,1-9H3,(H,57,64)(H,58,62)(H,59,63);13-22,26,31-32,41,44,48-49,55H,10-12,23-25,28-30H2,1-9H3,(H,56,63)(H,58,61)(H,59,62)/t31-,38+,41-,44+,48?,49?;32-,41+,44-,48?,49?/m01/s1. The fourth-order valence-electron chi connectivity index (χ4n) is 19.3. The quantitative estimate of drug-likeness (QED) is 0.0162. The van der Waals surface area contributed by atoms with Gasteiger partial charge in [-0.1, -0.05) is 176 Å². The van der Waals surface area contributed by atoms with Crippen molar-refractivity contribution in [1.82, 2.24) is 51.7 Å². The van der Waals surface area contributed by atoms with E-state index >= 15 is 0 Å². The van der Waals surface area contributed by atoms with Crippen LogP contribution in [0.5, 0.6) is 11.5 Å². The highest BCUT2D eigenvalue weighted by atomic mass is 35.5. The number of likely N-dealkylation sites (tertiary alicyclic amines) is 2. The van der Waals surface area contributed by atoms with Gasteiger partial charge in [0.05, 0.1) is 55.1 Å². The van der Waals surface area contributed by atoms with E-state index in [1.165, 1.54) is 11.3 Å². The molecule has 9 N–H and O–H groups in total. The van der Waals surface area contributed by atoms with Crippen LogP contribution in [0.1, 0.15) is 223 Å². The van der Waals surface area contributed by atoms with Gasteiger partial charge in [0.15, 0.2) is 12.2 Å². The molecule has 0 bridgehead atoms. The third-order valence-corrected chi connectivity index (χ3v) is 27.8. The van der Waals surface area contributed by atoms with Crippen LogP contribution in [-0.4, -0.2) is 179 Å². The number of hydrogen-bond donors (Lipinski definition) is 9. The second-order valence-corrected chi connectivity index (χ2v) is 42.3. The average Bonchev–Trinajstić information content (AvgIpc) is 1.15. The van der Waals surface area contributed by atoms with E-state index in [0.717, 1.165) is 95.0 Å². The number of β-amino-alcohol motifs (C(OH)–C–C–N with tert-alkyl or cyclic N) is 1. The molecule has 31 heteroatoms. The van der Waals surface area contributed by atoms with Gasteiger partial charge in [0.1, 0.15) is 73.2 Å². The number of nitriles is 2. The smallest absolute Gasteiger partial charge is 0.251 e. The molecule has 2 aliphatic heterocycles. The van der Waals surface area contributed by atoms with Gasteiger partial charge in [-0.15, -0.1) is 11.3 Å². The molecule has 135 heavy (non-hydrogen) atoms. The van der Waals surface area contributed by atoms with E-state index in [9.17, 15) is 54.0 Å². The summed E-state index contributed by atoms with van der Waals surface area (Å²) in [5.41, 5.74) is 8.23. The van der Waals surface area contributed by atoms with Crippen LogP contribution < -0.4 is 52.0 Å². The molecule has 8 aromatic rings. The molecule has 722 valence electrons. The highest BCUT2D eigenvalue weighted by Gasteiger charge is 2.65. The summed E-state index contributed by atoms with van der Waals surface area (Å²) in [5, 5.41) is 54.8. The number of halogens is 2. The number of aliphatic hydroxyl groups excluding tert-OH is 1. The lowest BCUT2D eigenvalue weighted by Gasteiger charge is -2.63. The fraction of sp³-hybridized carbons (Fsp3) is 0.500. The summed E-state index contributed by atoms with van der Waals surface area (Å²) >= 11 is 14.1. The number of benzene rings is 6. The minimum atomic E-state index is -0.952. The minimum Gasteiger partial charge on any atom is -0.489 e. The Morgan fingerprint density at radius 1 is 0.563 bits per heavy atom. The Morgan fingerprint density at radius 2 is 1.01 bits per heavy atom. The maximum absolute atomic E-state index is 14.1. The first-order chi connectivity index (χ1) is 63.8. The van der Waals surface area contributed by atoms with Gasteiger partial charge in [0.2, 0.25) is 35.4 Å². The molecule has 6 aromatic carbocycles. The van der Waals surface area contributed by atoms with Crippen LogP contribution in [0.25, 0.3) is 21.8 Å². The molecule has 4 fully saturated rings. The van der Waals surface area contributed by atoms with Gasteiger partial charge in [-0.05, 0) is 172 Å². The number of nitrogens with one attached hydrogen (secondary N) is 8. The number of hydrogen-bond acceptors (Lipinski definition) is 21. The predicted molar refractivity (Wildman–Crippen MR) is 524 cm³/mol. The van der Waals surface area contributed by atoms with Crippen molar-refractivity contribution < 1.29 is 66.8 Å². The zero-order valence-corrected chi connectivity index (χ0v) is 83.2. The molecule has 0 unspecified atom stereocenters. The number of unbranched alkanes of at least 4 members (excludes halogenated alkanes) is 4.